The molecule has 2 N–H and O–H groups in total. The van der Waals surface area contributed by atoms with Gasteiger partial charge in [0.05, 0.1) is 0 Å². The van der Waals surface area contributed by atoms with Crippen molar-refractivity contribution in [2.24, 2.45) is 16.6 Å². The summed E-state index contributed by atoms with van der Waals surface area (Å²) in [6, 6.07) is 8.95. The molecule has 1 heterocycles. The summed E-state index contributed by atoms with van der Waals surface area (Å²) in [5.41, 5.74) is 8.03. The molecule has 1 aromatic carbocycles. The number of rotatable bonds is 3. The molecule has 0 aliphatic carbocycles. The van der Waals surface area contributed by atoms with Crippen LogP contribution in [-0.4, -0.2) is 12.6 Å². The van der Waals surface area contributed by atoms with Crippen molar-refractivity contribution in [3.05, 3.63) is 35.4 Å². The number of hydrogen-bond donors (Lipinski definition) is 1. The number of nitrogens with zero attached hydrogens (tertiary/aromatic N) is 1. The van der Waals surface area contributed by atoms with Crippen LogP contribution >= 0.6 is 0 Å². The Morgan fingerprint density at radius 3 is 2.56 bits per heavy atom. The Balaban J connectivity index is 2.07. The molecular weight excluding hydrogens is 200 g/mol. The second-order valence-electron chi connectivity index (χ2n) is 4.63. The second kappa shape index (κ2) is 4.56. The fraction of sp³-hybridized carbons (Fsp3) is 0.462. The first-order chi connectivity index (χ1) is 7.65. The molecule has 1 aromatic rings. The highest BCUT2D eigenvalue weighted by molar-refractivity contribution is 5.73. The Labute approximate surface area is 96.3 Å². The summed E-state index contributed by atoms with van der Waals surface area (Å²) >= 11 is 0. The van der Waals surface area contributed by atoms with E-state index in [1.807, 2.05) is 0 Å². The van der Waals surface area contributed by atoms with Crippen molar-refractivity contribution in [3.8, 4) is 0 Å². The van der Waals surface area contributed by atoms with Crippen LogP contribution in [0.25, 0.3) is 0 Å². The van der Waals surface area contributed by atoms with Crippen LogP contribution in [0.4, 0.5) is 0 Å². The topological polar surface area (TPSA) is 47.6 Å². The Morgan fingerprint density at radius 1 is 1.38 bits per heavy atom. The van der Waals surface area contributed by atoms with Crippen LogP contribution in [0.15, 0.2) is 29.3 Å². The minimum atomic E-state index is 0.0769. The average molecular weight is 218 g/mol. The van der Waals surface area contributed by atoms with Crippen LogP contribution in [0, 0.1) is 5.92 Å². The number of amidine groups is 1. The Hall–Kier alpha value is -1.51. The number of ether oxygens (including phenoxy) is 1. The van der Waals surface area contributed by atoms with Gasteiger partial charge >= 0.3 is 0 Å². The Kier molecular flexibility index (Phi) is 3.13. The van der Waals surface area contributed by atoms with E-state index in [2.05, 4.69) is 43.1 Å². The van der Waals surface area contributed by atoms with Gasteiger partial charge in [-0.2, -0.15) is 0 Å². The van der Waals surface area contributed by atoms with E-state index in [1.54, 1.807) is 0 Å². The summed E-state index contributed by atoms with van der Waals surface area (Å²) in [5.74, 6) is 0.689. The molecule has 3 nitrogen and oxygen atoms in total. The molecule has 0 saturated heterocycles. The normalized spacial score (nSPS) is 19.7. The van der Waals surface area contributed by atoms with E-state index in [1.165, 1.54) is 11.1 Å². The molecule has 0 fully saturated rings. The monoisotopic (exact) mass is 218 g/mol. The van der Waals surface area contributed by atoms with Crippen LogP contribution in [0.1, 0.15) is 31.0 Å². The van der Waals surface area contributed by atoms with Gasteiger partial charge in [-0.25, -0.2) is 4.99 Å². The van der Waals surface area contributed by atoms with Gasteiger partial charge in [0.2, 0.25) is 0 Å². The lowest BCUT2D eigenvalue weighted by atomic mass is 10.00. The average Bonchev–Trinajstić information content (AvgIpc) is 2.65. The van der Waals surface area contributed by atoms with E-state index >= 15 is 0 Å². The summed E-state index contributed by atoms with van der Waals surface area (Å²) in [5, 5.41) is 0. The standard InChI is InChI=1S/C13H18N2O/c1-9(2)7-10-3-5-11(6-4-10)12-8-16-13(14)15-12/h3-6,9,12H,7-8H2,1-2H3,(H2,14,15). The highest BCUT2D eigenvalue weighted by Gasteiger charge is 2.18. The highest BCUT2D eigenvalue weighted by atomic mass is 16.5. The molecule has 3 heteroatoms. The van der Waals surface area contributed by atoms with Crippen molar-refractivity contribution >= 4 is 6.02 Å². The second-order valence-corrected chi connectivity index (χ2v) is 4.63. The van der Waals surface area contributed by atoms with Crippen LogP contribution in [0.2, 0.25) is 0 Å². The number of benzene rings is 1. The number of aliphatic imine (C=N–C) groups is 1. The van der Waals surface area contributed by atoms with Crippen molar-refractivity contribution < 1.29 is 4.74 Å². The fourth-order valence-electron chi connectivity index (χ4n) is 1.91. The van der Waals surface area contributed by atoms with Gasteiger partial charge in [0.25, 0.3) is 6.02 Å². The summed E-state index contributed by atoms with van der Waals surface area (Å²) in [6.07, 6.45) is 1.12. The van der Waals surface area contributed by atoms with E-state index in [9.17, 15) is 0 Å². The maximum atomic E-state index is 5.49. The fourth-order valence-corrected chi connectivity index (χ4v) is 1.91. The molecule has 0 bridgehead atoms. The maximum absolute atomic E-state index is 5.49. The van der Waals surface area contributed by atoms with Gasteiger partial charge in [-0.05, 0) is 23.5 Å². The lowest BCUT2D eigenvalue weighted by Crippen LogP contribution is -2.10. The molecule has 0 spiro atoms. The van der Waals surface area contributed by atoms with E-state index in [-0.39, 0.29) is 6.04 Å². The molecule has 2 rings (SSSR count). The van der Waals surface area contributed by atoms with E-state index in [4.69, 9.17) is 10.5 Å². The number of hydrogen-bond acceptors (Lipinski definition) is 3. The van der Waals surface area contributed by atoms with E-state index in [0.717, 1.165) is 6.42 Å². The minimum absolute atomic E-state index is 0.0769. The first-order valence-electron chi connectivity index (χ1n) is 5.70. The van der Waals surface area contributed by atoms with Crippen molar-refractivity contribution in [2.75, 3.05) is 6.61 Å². The molecule has 1 atom stereocenters. The third-order valence-corrected chi connectivity index (χ3v) is 2.68. The predicted octanol–water partition coefficient (Wildman–Crippen LogP) is 2.27. The molecule has 0 radical (unpaired) electrons. The van der Waals surface area contributed by atoms with E-state index in [0.29, 0.717) is 18.5 Å². The van der Waals surface area contributed by atoms with Crippen molar-refractivity contribution in [3.63, 3.8) is 0 Å². The van der Waals surface area contributed by atoms with Crippen molar-refractivity contribution in [1.29, 1.82) is 0 Å². The lowest BCUT2D eigenvalue weighted by Gasteiger charge is -2.08. The molecule has 16 heavy (non-hydrogen) atoms. The highest BCUT2D eigenvalue weighted by Crippen LogP contribution is 2.22. The summed E-state index contributed by atoms with van der Waals surface area (Å²) < 4.78 is 5.14. The molecule has 1 aliphatic heterocycles. The molecule has 0 aromatic heterocycles. The van der Waals surface area contributed by atoms with Crippen LogP contribution < -0.4 is 5.73 Å². The summed E-state index contributed by atoms with van der Waals surface area (Å²) in [6.45, 7) is 5.02. The molecule has 86 valence electrons. The van der Waals surface area contributed by atoms with Crippen LogP contribution in [0.5, 0.6) is 0 Å². The maximum Gasteiger partial charge on any atom is 0.282 e. The van der Waals surface area contributed by atoms with Crippen molar-refractivity contribution in [1.82, 2.24) is 0 Å². The van der Waals surface area contributed by atoms with Gasteiger partial charge in [0, 0.05) is 0 Å². The quantitative estimate of drug-likeness (QED) is 0.846. The zero-order valence-electron chi connectivity index (χ0n) is 9.81. The van der Waals surface area contributed by atoms with Gasteiger partial charge in [-0.3, -0.25) is 0 Å². The molecule has 1 aliphatic rings. The summed E-state index contributed by atoms with van der Waals surface area (Å²) in [4.78, 5) is 4.22. The predicted molar refractivity (Wildman–Crippen MR) is 65.3 cm³/mol. The summed E-state index contributed by atoms with van der Waals surface area (Å²) in [7, 11) is 0. The van der Waals surface area contributed by atoms with Gasteiger partial charge in [-0.15, -0.1) is 0 Å². The van der Waals surface area contributed by atoms with Crippen molar-refractivity contribution in [2.45, 2.75) is 26.3 Å². The molecular formula is C13H18N2O. The largest absolute Gasteiger partial charge is 0.463 e. The number of nitrogens with two attached hydrogens (primary N) is 1. The zero-order valence-corrected chi connectivity index (χ0v) is 9.81. The van der Waals surface area contributed by atoms with Crippen LogP contribution in [0.3, 0.4) is 0 Å². The lowest BCUT2D eigenvalue weighted by molar-refractivity contribution is 0.315. The molecule has 0 saturated carbocycles. The van der Waals surface area contributed by atoms with Gasteiger partial charge < -0.3 is 10.5 Å². The third kappa shape index (κ3) is 2.54. The SMILES string of the molecule is CC(C)Cc1ccc(C2COC(N)=N2)cc1. The van der Waals surface area contributed by atoms with Gasteiger partial charge in [0.1, 0.15) is 12.6 Å². The van der Waals surface area contributed by atoms with Gasteiger partial charge in [0.15, 0.2) is 0 Å². The van der Waals surface area contributed by atoms with E-state index < -0.39 is 0 Å². The zero-order chi connectivity index (χ0) is 11.5. The minimum Gasteiger partial charge on any atom is -0.463 e. The Bertz CT molecular complexity index is 381. The Morgan fingerprint density at radius 2 is 2.06 bits per heavy atom. The smallest absolute Gasteiger partial charge is 0.282 e. The first-order valence-corrected chi connectivity index (χ1v) is 5.70. The molecule has 1 unspecified atom stereocenters. The van der Waals surface area contributed by atoms with Crippen LogP contribution in [-0.2, 0) is 11.2 Å². The third-order valence-electron chi connectivity index (χ3n) is 2.68. The van der Waals surface area contributed by atoms with Gasteiger partial charge in [-0.1, -0.05) is 38.1 Å². The molecule has 0 amide bonds. The first kappa shape index (κ1) is 11.0.